The molecule has 0 atom stereocenters. The predicted molar refractivity (Wildman–Crippen MR) is 85.3 cm³/mol. The van der Waals surface area contributed by atoms with Crippen LogP contribution < -0.4 is 5.56 Å². The van der Waals surface area contributed by atoms with Crippen LogP contribution in [-0.4, -0.2) is 21.0 Å². The first-order valence-electron chi connectivity index (χ1n) is 6.90. The van der Waals surface area contributed by atoms with E-state index in [2.05, 4.69) is 25.4 Å². The first-order valence-corrected chi connectivity index (χ1v) is 6.90. The Labute approximate surface area is 131 Å². The van der Waals surface area contributed by atoms with Crippen molar-refractivity contribution in [2.75, 3.05) is 0 Å². The van der Waals surface area contributed by atoms with Crippen LogP contribution >= 0.6 is 0 Å². The molecule has 0 spiro atoms. The molecule has 0 aliphatic heterocycles. The van der Waals surface area contributed by atoms with Crippen LogP contribution in [0.4, 0.5) is 11.4 Å². The van der Waals surface area contributed by atoms with Gasteiger partial charge in [0.05, 0.1) is 11.4 Å². The molecule has 1 aromatic carbocycles. The molecule has 0 fully saturated rings. The van der Waals surface area contributed by atoms with E-state index >= 15 is 0 Å². The van der Waals surface area contributed by atoms with Crippen LogP contribution in [0, 0.1) is 0 Å². The number of ketones is 1. The summed E-state index contributed by atoms with van der Waals surface area (Å²) in [7, 11) is 0. The number of pyridine rings is 1. The maximum Gasteiger partial charge on any atom is 0.292 e. The van der Waals surface area contributed by atoms with Gasteiger partial charge in [0.15, 0.2) is 11.5 Å². The molecule has 2 aromatic heterocycles. The molecule has 7 nitrogen and oxygen atoms in total. The first-order chi connectivity index (χ1) is 11.1. The van der Waals surface area contributed by atoms with Gasteiger partial charge < -0.3 is 0 Å². The van der Waals surface area contributed by atoms with Crippen molar-refractivity contribution in [2.45, 2.75) is 6.92 Å². The van der Waals surface area contributed by atoms with Crippen molar-refractivity contribution in [3.63, 3.8) is 0 Å². The number of carbonyl (C=O) groups is 1. The number of Topliss-reactive ketones (excluding diaryl/α,β-unsaturated/α-hetero) is 1. The second kappa shape index (κ2) is 6.18. The van der Waals surface area contributed by atoms with E-state index in [0.29, 0.717) is 22.6 Å². The number of nitrogens with zero attached hydrogens (tertiary/aromatic N) is 3. The van der Waals surface area contributed by atoms with Gasteiger partial charge >= 0.3 is 0 Å². The minimum absolute atomic E-state index is 0.0595. The molecule has 0 radical (unpaired) electrons. The molecule has 0 saturated carbocycles. The lowest BCUT2D eigenvalue weighted by molar-refractivity contribution is 0.101. The molecule has 0 amide bonds. The fourth-order valence-electron chi connectivity index (χ4n) is 2.04. The highest BCUT2D eigenvalue weighted by molar-refractivity contribution is 5.94. The van der Waals surface area contributed by atoms with Gasteiger partial charge in [0, 0.05) is 11.8 Å². The summed E-state index contributed by atoms with van der Waals surface area (Å²) < 4.78 is 0. The number of benzene rings is 1. The van der Waals surface area contributed by atoms with Crippen molar-refractivity contribution < 1.29 is 4.79 Å². The summed E-state index contributed by atoms with van der Waals surface area (Å²) in [5, 5.41) is 13.3. The highest BCUT2D eigenvalue weighted by Crippen LogP contribution is 2.25. The third kappa shape index (κ3) is 3.13. The lowest BCUT2D eigenvalue weighted by Gasteiger charge is -1.98. The third-order valence-corrected chi connectivity index (χ3v) is 3.19. The number of carbonyl (C=O) groups excluding carboxylic acids is 1. The van der Waals surface area contributed by atoms with Gasteiger partial charge in [-0.05, 0) is 31.2 Å². The van der Waals surface area contributed by atoms with Crippen molar-refractivity contribution >= 4 is 17.2 Å². The van der Waals surface area contributed by atoms with E-state index in [1.165, 1.54) is 6.92 Å². The van der Waals surface area contributed by atoms with Crippen molar-refractivity contribution in [3.05, 3.63) is 64.6 Å². The fraction of sp³-hybridized carbons (Fsp3) is 0.0625. The van der Waals surface area contributed by atoms with E-state index < -0.39 is 5.56 Å². The Kier molecular flexibility index (Phi) is 3.92. The number of aromatic nitrogens is 3. The molecule has 2 N–H and O–H groups in total. The van der Waals surface area contributed by atoms with Gasteiger partial charge in [0.2, 0.25) is 0 Å². The highest BCUT2D eigenvalue weighted by atomic mass is 16.1. The molecule has 0 bridgehead atoms. The van der Waals surface area contributed by atoms with Crippen molar-refractivity contribution in [3.8, 4) is 11.4 Å². The van der Waals surface area contributed by atoms with Crippen LogP contribution in [0.5, 0.6) is 0 Å². The zero-order chi connectivity index (χ0) is 16.2. The van der Waals surface area contributed by atoms with E-state index in [9.17, 15) is 9.59 Å². The molecule has 2 heterocycles. The molecular weight excluding hydrogens is 294 g/mol. The number of azo groups is 1. The Morgan fingerprint density at radius 2 is 1.96 bits per heavy atom. The van der Waals surface area contributed by atoms with Crippen molar-refractivity contribution in [2.24, 2.45) is 10.2 Å². The van der Waals surface area contributed by atoms with Crippen LogP contribution in [-0.2, 0) is 0 Å². The largest absolute Gasteiger partial charge is 0.295 e. The van der Waals surface area contributed by atoms with Gasteiger partial charge in [-0.25, -0.2) is 0 Å². The second-order valence-corrected chi connectivity index (χ2v) is 4.82. The number of nitrogens with one attached hydrogen (secondary N) is 2. The Bertz CT molecular complexity index is 925. The van der Waals surface area contributed by atoms with E-state index in [0.717, 1.165) is 0 Å². The Morgan fingerprint density at radius 3 is 2.70 bits per heavy atom. The van der Waals surface area contributed by atoms with Gasteiger partial charge in [-0.2, -0.15) is 5.11 Å². The van der Waals surface area contributed by atoms with Crippen LogP contribution in [0.2, 0.25) is 0 Å². The molecule has 0 aliphatic carbocycles. The minimum Gasteiger partial charge on any atom is -0.295 e. The Morgan fingerprint density at radius 1 is 1.09 bits per heavy atom. The van der Waals surface area contributed by atoms with E-state index in [-0.39, 0.29) is 11.5 Å². The summed E-state index contributed by atoms with van der Waals surface area (Å²) >= 11 is 0. The van der Waals surface area contributed by atoms with Crippen molar-refractivity contribution in [1.29, 1.82) is 0 Å². The average molecular weight is 307 g/mol. The van der Waals surface area contributed by atoms with Gasteiger partial charge in [0.1, 0.15) is 5.69 Å². The normalized spacial score (nSPS) is 11.0. The van der Waals surface area contributed by atoms with E-state index in [1.807, 2.05) is 6.07 Å². The van der Waals surface area contributed by atoms with Crippen LogP contribution in [0.3, 0.4) is 0 Å². The number of hydrogen-bond donors (Lipinski definition) is 2. The summed E-state index contributed by atoms with van der Waals surface area (Å²) in [6.45, 7) is 1.48. The summed E-state index contributed by atoms with van der Waals surface area (Å²) in [6, 6.07) is 12.1. The summed E-state index contributed by atoms with van der Waals surface area (Å²) in [4.78, 5) is 27.4. The van der Waals surface area contributed by atoms with Gasteiger partial charge in [-0.1, -0.05) is 18.2 Å². The average Bonchev–Trinajstić information content (AvgIpc) is 2.95. The SMILES string of the molecule is CC(=O)c1cccc(N=Nc2c(-c3ccccn3)[nH][nH]c2=O)c1. The van der Waals surface area contributed by atoms with Gasteiger partial charge in [0.25, 0.3) is 5.56 Å². The number of hydrogen-bond acceptors (Lipinski definition) is 5. The third-order valence-electron chi connectivity index (χ3n) is 3.19. The topological polar surface area (TPSA) is 103 Å². The first kappa shape index (κ1) is 14.6. The maximum absolute atomic E-state index is 11.9. The summed E-state index contributed by atoms with van der Waals surface area (Å²) in [6.07, 6.45) is 1.62. The molecule has 0 aliphatic rings. The lowest BCUT2D eigenvalue weighted by Crippen LogP contribution is -1.96. The second-order valence-electron chi connectivity index (χ2n) is 4.82. The highest BCUT2D eigenvalue weighted by Gasteiger charge is 2.12. The van der Waals surface area contributed by atoms with Crippen LogP contribution in [0.1, 0.15) is 17.3 Å². The van der Waals surface area contributed by atoms with E-state index in [4.69, 9.17) is 0 Å². The summed E-state index contributed by atoms with van der Waals surface area (Å²) in [5.74, 6) is -0.0595. The Hall–Kier alpha value is -3.35. The molecule has 7 heteroatoms. The van der Waals surface area contributed by atoms with Gasteiger partial charge in [-0.15, -0.1) is 5.11 Å². The molecule has 3 aromatic rings. The monoisotopic (exact) mass is 307 g/mol. The van der Waals surface area contributed by atoms with Gasteiger partial charge in [-0.3, -0.25) is 24.8 Å². The maximum atomic E-state index is 11.9. The van der Waals surface area contributed by atoms with Crippen LogP contribution in [0.25, 0.3) is 11.4 Å². The molecule has 0 saturated heterocycles. The summed E-state index contributed by atoms with van der Waals surface area (Å²) in [5.41, 5.74) is 1.81. The number of aromatic amines is 2. The van der Waals surface area contributed by atoms with E-state index in [1.54, 1.807) is 42.6 Å². The number of H-pyrrole nitrogens is 2. The standard InChI is InChI=1S/C16H13N5O2/c1-10(22)11-5-4-6-12(9-11)18-20-15-14(19-21-16(15)23)13-7-2-3-8-17-13/h2-9H,1H3,(H2,19,21,23). The Balaban J connectivity index is 1.98. The zero-order valence-electron chi connectivity index (χ0n) is 12.3. The van der Waals surface area contributed by atoms with Crippen LogP contribution in [0.15, 0.2) is 63.7 Å². The smallest absolute Gasteiger partial charge is 0.292 e. The molecule has 23 heavy (non-hydrogen) atoms. The molecule has 0 unspecified atom stereocenters. The van der Waals surface area contributed by atoms with Crippen molar-refractivity contribution in [1.82, 2.24) is 15.2 Å². The molecule has 114 valence electrons. The minimum atomic E-state index is -0.392. The number of rotatable bonds is 4. The molecular formula is C16H13N5O2. The fourth-order valence-corrected chi connectivity index (χ4v) is 2.04. The predicted octanol–water partition coefficient (Wildman–Crippen LogP) is 3.38. The quantitative estimate of drug-likeness (QED) is 0.570. The molecule has 3 rings (SSSR count). The lowest BCUT2D eigenvalue weighted by atomic mass is 10.1. The zero-order valence-corrected chi connectivity index (χ0v) is 12.3.